The summed E-state index contributed by atoms with van der Waals surface area (Å²) >= 11 is 0. The van der Waals surface area contributed by atoms with Crippen molar-refractivity contribution in [2.75, 3.05) is 6.61 Å². The van der Waals surface area contributed by atoms with E-state index >= 15 is 0 Å². The largest absolute Gasteiger partial charge is 0.487 e. The zero-order chi connectivity index (χ0) is 16.2. The Morgan fingerprint density at radius 2 is 1.91 bits per heavy atom. The highest BCUT2D eigenvalue weighted by Crippen LogP contribution is 2.18. The molecular weight excluding hydrogens is 299 g/mol. The van der Waals surface area contributed by atoms with Crippen LogP contribution in [-0.4, -0.2) is 22.5 Å². The van der Waals surface area contributed by atoms with E-state index in [-0.39, 0.29) is 23.7 Å². The molecule has 0 amide bonds. The lowest BCUT2D eigenvalue weighted by Gasteiger charge is -2.09. The zero-order valence-electron chi connectivity index (χ0n) is 12.0. The SMILES string of the molecule is O=c1ccc2cc(OC/C(=N\O)c3ccc(F)cc3)ccc2[nH]1. The number of benzene rings is 2. The van der Waals surface area contributed by atoms with E-state index in [0.717, 1.165) is 5.39 Å². The molecular formula is C17H13FN2O3. The van der Waals surface area contributed by atoms with E-state index in [9.17, 15) is 9.18 Å². The van der Waals surface area contributed by atoms with Crippen molar-refractivity contribution in [3.05, 3.63) is 76.3 Å². The number of oxime groups is 1. The van der Waals surface area contributed by atoms with Crippen LogP contribution in [0.3, 0.4) is 0 Å². The molecule has 0 saturated heterocycles. The molecule has 116 valence electrons. The summed E-state index contributed by atoms with van der Waals surface area (Å²) in [5.41, 5.74) is 1.39. The molecule has 6 heteroatoms. The second kappa shape index (κ2) is 6.31. The molecule has 0 aliphatic carbocycles. The summed E-state index contributed by atoms with van der Waals surface area (Å²) in [4.78, 5) is 14.0. The molecule has 0 spiro atoms. The zero-order valence-corrected chi connectivity index (χ0v) is 12.0. The van der Waals surface area contributed by atoms with E-state index in [1.807, 2.05) is 0 Å². The molecule has 1 aromatic heterocycles. The molecule has 0 fully saturated rings. The average Bonchev–Trinajstić information content (AvgIpc) is 2.57. The van der Waals surface area contributed by atoms with Crippen molar-refractivity contribution in [3.8, 4) is 5.75 Å². The van der Waals surface area contributed by atoms with Gasteiger partial charge >= 0.3 is 0 Å². The molecule has 0 bridgehead atoms. The second-order valence-corrected chi connectivity index (χ2v) is 4.91. The molecule has 0 aliphatic rings. The normalized spacial score (nSPS) is 11.6. The number of aromatic amines is 1. The van der Waals surface area contributed by atoms with Gasteiger partial charge in [0.05, 0.1) is 0 Å². The van der Waals surface area contributed by atoms with Crippen LogP contribution in [0.2, 0.25) is 0 Å². The summed E-state index contributed by atoms with van der Waals surface area (Å²) in [5.74, 6) is 0.197. The fraction of sp³-hybridized carbons (Fsp3) is 0.0588. The number of hydrogen-bond donors (Lipinski definition) is 2. The highest BCUT2D eigenvalue weighted by atomic mass is 19.1. The number of hydrogen-bond acceptors (Lipinski definition) is 4. The molecule has 2 aromatic carbocycles. The van der Waals surface area contributed by atoms with Gasteiger partial charge in [0, 0.05) is 22.5 Å². The van der Waals surface area contributed by atoms with Crippen molar-refractivity contribution < 1.29 is 14.3 Å². The highest BCUT2D eigenvalue weighted by molar-refractivity contribution is 6.01. The van der Waals surface area contributed by atoms with Crippen LogP contribution in [0.5, 0.6) is 5.75 Å². The fourth-order valence-electron chi connectivity index (χ4n) is 2.19. The van der Waals surface area contributed by atoms with E-state index in [4.69, 9.17) is 9.94 Å². The Balaban J connectivity index is 1.77. The Hall–Kier alpha value is -3.15. The monoisotopic (exact) mass is 312 g/mol. The topological polar surface area (TPSA) is 74.7 Å². The van der Waals surface area contributed by atoms with Gasteiger partial charge in [-0.15, -0.1) is 0 Å². The Labute approximate surface area is 130 Å². The van der Waals surface area contributed by atoms with Gasteiger partial charge < -0.3 is 14.9 Å². The molecule has 23 heavy (non-hydrogen) atoms. The third kappa shape index (κ3) is 3.37. The standard InChI is InChI=1S/C17H13FN2O3/c18-13-4-1-11(2-5-13)16(20-22)10-23-14-6-7-15-12(9-14)3-8-17(21)19-15/h1-9,22H,10H2,(H,19,21)/b20-16+. The van der Waals surface area contributed by atoms with E-state index < -0.39 is 0 Å². The first-order chi connectivity index (χ1) is 11.2. The van der Waals surface area contributed by atoms with Gasteiger partial charge in [0.25, 0.3) is 0 Å². The lowest BCUT2D eigenvalue weighted by molar-refractivity contribution is 0.308. The van der Waals surface area contributed by atoms with E-state index in [0.29, 0.717) is 16.8 Å². The van der Waals surface area contributed by atoms with Crippen LogP contribution in [0.15, 0.2) is 64.5 Å². The minimum Gasteiger partial charge on any atom is -0.487 e. The van der Waals surface area contributed by atoms with Crippen LogP contribution in [0.1, 0.15) is 5.56 Å². The van der Waals surface area contributed by atoms with Gasteiger partial charge in [-0.1, -0.05) is 5.16 Å². The molecule has 0 aliphatic heterocycles. The number of rotatable bonds is 4. The lowest BCUT2D eigenvalue weighted by atomic mass is 10.1. The van der Waals surface area contributed by atoms with Gasteiger partial charge in [0.1, 0.15) is 23.9 Å². The maximum absolute atomic E-state index is 12.9. The van der Waals surface area contributed by atoms with Gasteiger partial charge in [-0.2, -0.15) is 0 Å². The Kier molecular flexibility index (Phi) is 4.05. The van der Waals surface area contributed by atoms with Crippen molar-refractivity contribution in [1.82, 2.24) is 4.98 Å². The van der Waals surface area contributed by atoms with Crippen molar-refractivity contribution >= 4 is 16.6 Å². The number of ether oxygens (including phenoxy) is 1. The van der Waals surface area contributed by atoms with Crippen LogP contribution in [0.4, 0.5) is 4.39 Å². The third-order valence-corrected chi connectivity index (χ3v) is 3.37. The van der Waals surface area contributed by atoms with Crippen LogP contribution in [0, 0.1) is 5.82 Å². The quantitative estimate of drug-likeness (QED) is 0.442. The van der Waals surface area contributed by atoms with Crippen LogP contribution >= 0.6 is 0 Å². The maximum Gasteiger partial charge on any atom is 0.248 e. The summed E-state index contributed by atoms with van der Waals surface area (Å²) in [7, 11) is 0. The summed E-state index contributed by atoms with van der Waals surface area (Å²) in [6.07, 6.45) is 0. The molecule has 0 unspecified atom stereocenters. The van der Waals surface area contributed by atoms with Crippen molar-refractivity contribution in [3.63, 3.8) is 0 Å². The third-order valence-electron chi connectivity index (χ3n) is 3.37. The van der Waals surface area contributed by atoms with E-state index in [2.05, 4.69) is 10.1 Å². The second-order valence-electron chi connectivity index (χ2n) is 4.91. The molecule has 1 heterocycles. The van der Waals surface area contributed by atoms with Gasteiger partial charge in [0.15, 0.2) is 0 Å². The minimum absolute atomic E-state index is 0.0248. The Bertz CT molecular complexity index is 917. The number of nitrogens with zero attached hydrogens (tertiary/aromatic N) is 1. The summed E-state index contributed by atoms with van der Waals surface area (Å²) in [6.45, 7) is 0.0248. The first-order valence-electron chi connectivity index (χ1n) is 6.88. The smallest absolute Gasteiger partial charge is 0.248 e. The van der Waals surface area contributed by atoms with Gasteiger partial charge in [-0.3, -0.25) is 4.79 Å². The number of H-pyrrole nitrogens is 1. The predicted molar refractivity (Wildman–Crippen MR) is 84.8 cm³/mol. The van der Waals surface area contributed by atoms with Crippen LogP contribution < -0.4 is 10.3 Å². The van der Waals surface area contributed by atoms with Crippen molar-refractivity contribution in [2.24, 2.45) is 5.16 Å². The van der Waals surface area contributed by atoms with Gasteiger partial charge in [-0.05, 0) is 48.5 Å². The number of aromatic nitrogens is 1. The van der Waals surface area contributed by atoms with Gasteiger partial charge in [-0.25, -0.2) is 4.39 Å². The Morgan fingerprint density at radius 3 is 2.65 bits per heavy atom. The molecule has 5 nitrogen and oxygen atoms in total. The van der Waals surface area contributed by atoms with Crippen LogP contribution in [-0.2, 0) is 0 Å². The summed E-state index contributed by atoms with van der Waals surface area (Å²) < 4.78 is 18.5. The molecule has 3 aromatic rings. The van der Waals surface area contributed by atoms with Gasteiger partial charge in [0.2, 0.25) is 5.56 Å². The van der Waals surface area contributed by atoms with E-state index in [1.54, 1.807) is 24.3 Å². The number of nitrogens with one attached hydrogen (secondary N) is 1. The summed E-state index contributed by atoms with van der Waals surface area (Å²) in [5, 5.41) is 13.1. The molecule has 0 atom stereocenters. The van der Waals surface area contributed by atoms with Crippen molar-refractivity contribution in [2.45, 2.75) is 0 Å². The lowest BCUT2D eigenvalue weighted by Crippen LogP contribution is -2.13. The Morgan fingerprint density at radius 1 is 1.13 bits per heavy atom. The minimum atomic E-state index is -0.365. The maximum atomic E-state index is 12.9. The van der Waals surface area contributed by atoms with Crippen molar-refractivity contribution in [1.29, 1.82) is 0 Å². The summed E-state index contributed by atoms with van der Waals surface area (Å²) in [6, 6.07) is 13.9. The molecule has 2 N–H and O–H groups in total. The predicted octanol–water partition coefficient (Wildman–Crippen LogP) is 2.92. The number of fused-ring (bicyclic) bond motifs is 1. The van der Waals surface area contributed by atoms with Crippen LogP contribution in [0.25, 0.3) is 10.9 Å². The molecule has 3 rings (SSSR count). The average molecular weight is 312 g/mol. The van der Waals surface area contributed by atoms with E-state index in [1.165, 1.54) is 30.3 Å². The first kappa shape index (κ1) is 14.8. The first-order valence-corrected chi connectivity index (χ1v) is 6.88. The molecule has 0 saturated carbocycles. The number of pyridine rings is 1. The highest BCUT2D eigenvalue weighted by Gasteiger charge is 2.07. The molecule has 0 radical (unpaired) electrons. The fourth-order valence-corrected chi connectivity index (χ4v) is 2.19. The number of halogens is 1.